The summed E-state index contributed by atoms with van der Waals surface area (Å²) in [6.45, 7) is 7.09. The summed E-state index contributed by atoms with van der Waals surface area (Å²) in [4.78, 5) is 65.8. The molecule has 1 aromatic rings. The van der Waals surface area contributed by atoms with Crippen LogP contribution in [0.25, 0.3) is 0 Å². The van der Waals surface area contributed by atoms with Gasteiger partial charge < -0.3 is 44.7 Å². The number of amides is 1. The van der Waals surface area contributed by atoms with Crippen LogP contribution in [0.4, 0.5) is 4.79 Å². The fourth-order valence-corrected chi connectivity index (χ4v) is 8.48. The van der Waals surface area contributed by atoms with Crippen LogP contribution < -0.4 is 5.32 Å². The maximum absolute atomic E-state index is 15.2. The largest absolute Gasteiger partial charge is 0.481 e. The molecule has 14 heteroatoms. The number of aliphatic carboxylic acids is 1. The van der Waals surface area contributed by atoms with Crippen LogP contribution in [0.5, 0.6) is 0 Å². The molecular weight excluding hydrogens is 642 g/mol. The topological polar surface area (TPSA) is 215 Å². The first-order chi connectivity index (χ1) is 22.9. The van der Waals surface area contributed by atoms with Crippen LogP contribution >= 0.6 is 0 Å². The normalized spacial score (nSPS) is 36.1. The molecular formula is C35H45NO13. The van der Waals surface area contributed by atoms with Crippen molar-refractivity contribution in [2.75, 3.05) is 13.2 Å². The number of alkyl carbamates (subject to hydrolysis) is 1. The first-order valence-corrected chi connectivity index (χ1v) is 16.5. The quantitative estimate of drug-likeness (QED) is 0.109. The van der Waals surface area contributed by atoms with Crippen molar-refractivity contribution in [2.45, 2.75) is 108 Å². The number of ketones is 1. The molecule has 2 saturated carbocycles. The number of hydrogen-bond acceptors (Lipinski definition) is 12. The van der Waals surface area contributed by atoms with Gasteiger partial charge in [-0.3, -0.25) is 14.4 Å². The minimum Gasteiger partial charge on any atom is -0.481 e. The number of carbonyl (C=O) groups excluding carboxylic acids is 4. The van der Waals surface area contributed by atoms with Gasteiger partial charge in [0.2, 0.25) is 0 Å². The SMILES string of the molecule is CC(=O)O[C@@]12CO[C@@H]1C[C@H](O)[C@@]1(C)C(=O)[C@H](OC(=O)NCCCCC(=O)O)C3=C(C)[C@@H](O)C[C@@](O)([C@@H](OC(=O)c4ccccc4)[C@H]21)C3(C)C. The zero-order chi connectivity index (χ0) is 36.1. The lowest BCUT2D eigenvalue weighted by atomic mass is 9.44. The highest BCUT2D eigenvalue weighted by Gasteiger charge is 2.78. The van der Waals surface area contributed by atoms with Crippen molar-refractivity contribution >= 4 is 29.8 Å². The molecule has 1 heterocycles. The number of carboxylic acid groups (broad SMARTS) is 1. The van der Waals surface area contributed by atoms with E-state index >= 15 is 4.79 Å². The van der Waals surface area contributed by atoms with E-state index in [9.17, 15) is 34.5 Å². The second-order valence-corrected chi connectivity index (χ2v) is 14.3. The number of Topliss-reactive ketones (excluding diaryl/α,β-unsaturated/α-hetero) is 1. The molecule has 5 N–H and O–H groups in total. The molecule has 1 aliphatic heterocycles. The summed E-state index contributed by atoms with van der Waals surface area (Å²) in [6, 6.07) is 7.95. The second kappa shape index (κ2) is 13.1. The predicted octanol–water partition coefficient (Wildman–Crippen LogP) is 2.07. The van der Waals surface area contributed by atoms with Gasteiger partial charge in [-0.1, -0.05) is 32.0 Å². The summed E-state index contributed by atoms with van der Waals surface area (Å²) >= 11 is 0. The summed E-state index contributed by atoms with van der Waals surface area (Å²) in [5, 5.41) is 47.8. The van der Waals surface area contributed by atoms with Gasteiger partial charge in [-0.2, -0.15) is 0 Å². The van der Waals surface area contributed by atoms with Crippen LogP contribution in [-0.2, 0) is 33.3 Å². The van der Waals surface area contributed by atoms with Crippen molar-refractivity contribution < 1.29 is 63.3 Å². The van der Waals surface area contributed by atoms with E-state index < -0.39 is 88.3 Å². The highest BCUT2D eigenvalue weighted by Crippen LogP contribution is 2.64. The number of aliphatic hydroxyl groups is 3. The van der Waals surface area contributed by atoms with Crippen molar-refractivity contribution in [3.05, 3.63) is 47.0 Å². The zero-order valence-corrected chi connectivity index (χ0v) is 28.3. The van der Waals surface area contributed by atoms with Gasteiger partial charge >= 0.3 is 24.0 Å². The van der Waals surface area contributed by atoms with Crippen molar-refractivity contribution in [3.8, 4) is 0 Å². The molecule has 3 aliphatic carbocycles. The molecule has 3 fully saturated rings. The lowest BCUT2D eigenvalue weighted by Crippen LogP contribution is -2.82. The standard InChI is InChI=1S/C35H45NO13/c1-18-21(38)16-35(45)29(48-30(43)20-11-7-6-8-12-20)27-33(5,22(39)15-23-34(27,17-46-23)49-19(2)37)28(42)26(25(18)32(35,3)4)47-31(44)36-14-10-9-13-24(40)41/h6-8,11-12,21-23,26-27,29,38-39,45H,9-10,13-17H2,1-5H3,(H,36,44)(H,40,41)/t21-,22-,23+,26+,27-,29-,33+,34-,35+/m0/s1. The molecule has 4 aliphatic rings. The molecule has 5 rings (SSSR count). The molecule has 0 spiro atoms. The maximum atomic E-state index is 15.2. The van der Waals surface area contributed by atoms with Gasteiger partial charge in [-0.25, -0.2) is 9.59 Å². The van der Waals surface area contributed by atoms with Crippen LogP contribution in [0.1, 0.15) is 77.1 Å². The van der Waals surface area contributed by atoms with E-state index in [-0.39, 0.29) is 55.5 Å². The van der Waals surface area contributed by atoms with Crippen molar-refractivity contribution in [1.82, 2.24) is 5.32 Å². The Bertz CT molecular complexity index is 1540. The maximum Gasteiger partial charge on any atom is 0.408 e. The molecule has 1 saturated heterocycles. The summed E-state index contributed by atoms with van der Waals surface area (Å²) in [6.07, 6.45) is -8.36. The van der Waals surface area contributed by atoms with Crippen molar-refractivity contribution in [2.24, 2.45) is 16.7 Å². The number of nitrogens with one attached hydrogen (secondary N) is 1. The number of benzene rings is 1. The van der Waals surface area contributed by atoms with Crippen LogP contribution in [0.3, 0.4) is 0 Å². The van der Waals surface area contributed by atoms with Crippen LogP contribution in [0, 0.1) is 16.7 Å². The summed E-state index contributed by atoms with van der Waals surface area (Å²) in [7, 11) is 0. The number of esters is 2. The number of fused-ring (bicyclic) bond motifs is 5. The number of ether oxygens (including phenoxy) is 4. The Kier molecular flexibility index (Phi) is 9.76. The molecule has 49 heavy (non-hydrogen) atoms. The third-order valence-corrected chi connectivity index (χ3v) is 11.2. The summed E-state index contributed by atoms with van der Waals surface area (Å²) < 4.78 is 23.8. The van der Waals surface area contributed by atoms with Crippen LogP contribution in [-0.4, -0.2) is 105 Å². The molecule has 0 radical (unpaired) electrons. The number of hydrogen-bond donors (Lipinski definition) is 5. The number of unbranched alkanes of at least 4 members (excludes halogenated alkanes) is 1. The monoisotopic (exact) mass is 687 g/mol. The van der Waals surface area contributed by atoms with Gasteiger partial charge in [0, 0.05) is 38.1 Å². The van der Waals surface area contributed by atoms with Crippen LogP contribution in [0.15, 0.2) is 41.5 Å². The average molecular weight is 688 g/mol. The smallest absolute Gasteiger partial charge is 0.408 e. The number of aliphatic hydroxyl groups excluding tert-OH is 2. The predicted molar refractivity (Wildman–Crippen MR) is 169 cm³/mol. The number of carbonyl (C=O) groups is 5. The highest BCUT2D eigenvalue weighted by atomic mass is 16.6. The van der Waals surface area contributed by atoms with Gasteiger partial charge in [0.15, 0.2) is 17.5 Å². The Labute approximate surface area is 283 Å². The van der Waals surface area contributed by atoms with E-state index in [1.807, 2.05) is 0 Å². The van der Waals surface area contributed by atoms with Gasteiger partial charge in [0.05, 0.1) is 35.7 Å². The minimum atomic E-state index is -2.20. The van der Waals surface area contributed by atoms with E-state index in [1.54, 1.807) is 39.0 Å². The average Bonchev–Trinajstić information content (AvgIpc) is 3.02. The number of carboxylic acids is 1. The van der Waals surface area contributed by atoms with Gasteiger partial charge in [-0.05, 0) is 50.0 Å². The van der Waals surface area contributed by atoms with Gasteiger partial charge in [0.25, 0.3) is 0 Å². The first kappa shape index (κ1) is 36.4. The molecule has 0 unspecified atom stereocenters. The molecule has 14 nitrogen and oxygen atoms in total. The van der Waals surface area contributed by atoms with Crippen LogP contribution in [0.2, 0.25) is 0 Å². The lowest BCUT2D eigenvalue weighted by Gasteiger charge is -2.67. The molecule has 9 atom stereocenters. The minimum absolute atomic E-state index is 0.0373. The fraction of sp³-hybridized carbons (Fsp3) is 0.629. The van der Waals surface area contributed by atoms with E-state index in [0.29, 0.717) is 6.42 Å². The second-order valence-electron chi connectivity index (χ2n) is 14.3. The Morgan fingerprint density at radius 2 is 1.71 bits per heavy atom. The van der Waals surface area contributed by atoms with E-state index in [0.717, 1.165) is 0 Å². The Balaban J connectivity index is 1.69. The third kappa shape index (κ3) is 5.92. The first-order valence-electron chi connectivity index (χ1n) is 16.5. The van der Waals surface area contributed by atoms with E-state index in [1.165, 1.54) is 26.0 Å². The lowest BCUT2D eigenvalue weighted by molar-refractivity contribution is -0.345. The Morgan fingerprint density at radius 1 is 1.04 bits per heavy atom. The number of rotatable bonds is 9. The van der Waals surface area contributed by atoms with Gasteiger partial charge in [0.1, 0.15) is 17.8 Å². The molecule has 1 amide bonds. The molecule has 2 bridgehead atoms. The van der Waals surface area contributed by atoms with E-state index in [2.05, 4.69) is 5.32 Å². The fourth-order valence-electron chi connectivity index (χ4n) is 8.48. The highest BCUT2D eigenvalue weighted by molar-refractivity contribution is 5.95. The Hall–Kier alpha value is -3.85. The third-order valence-electron chi connectivity index (χ3n) is 11.2. The Morgan fingerprint density at radius 3 is 2.31 bits per heavy atom. The summed E-state index contributed by atoms with van der Waals surface area (Å²) in [5.74, 6) is -4.85. The summed E-state index contributed by atoms with van der Waals surface area (Å²) in [5.41, 5.74) is -6.94. The van der Waals surface area contributed by atoms with Crippen molar-refractivity contribution in [3.63, 3.8) is 0 Å². The molecule has 1 aromatic carbocycles. The molecule has 268 valence electrons. The van der Waals surface area contributed by atoms with Gasteiger partial charge in [-0.15, -0.1) is 0 Å². The zero-order valence-electron chi connectivity index (χ0n) is 28.3. The molecule has 0 aromatic heterocycles. The van der Waals surface area contributed by atoms with E-state index in [4.69, 9.17) is 24.1 Å². The van der Waals surface area contributed by atoms with Crippen molar-refractivity contribution in [1.29, 1.82) is 0 Å².